The number of thiol groups is 1. The maximum atomic E-state index is 12.3. The summed E-state index contributed by atoms with van der Waals surface area (Å²) in [4.78, 5) is 26.2. The summed E-state index contributed by atoms with van der Waals surface area (Å²) in [7, 11) is 1.53. The molecule has 0 atom stereocenters. The summed E-state index contributed by atoms with van der Waals surface area (Å²) in [6.07, 6.45) is 0. The first kappa shape index (κ1) is 15.7. The van der Waals surface area contributed by atoms with Crippen LogP contribution in [0.1, 0.15) is 13.8 Å². The van der Waals surface area contributed by atoms with Crippen LogP contribution in [-0.2, 0) is 9.59 Å². The normalized spacial score (nSPS) is 17.4. The lowest BCUT2D eigenvalue weighted by Crippen LogP contribution is -2.40. The lowest BCUT2D eigenvalue weighted by atomic mass is 10.0. The molecule has 2 amide bonds. The Labute approximate surface area is 133 Å². The van der Waals surface area contributed by atoms with Crippen molar-refractivity contribution in [3.05, 3.63) is 34.6 Å². The van der Waals surface area contributed by atoms with Crippen molar-refractivity contribution in [3.8, 4) is 0 Å². The van der Waals surface area contributed by atoms with E-state index >= 15 is 0 Å². The molecule has 0 fully saturated rings. The van der Waals surface area contributed by atoms with Crippen LogP contribution in [0, 0.1) is 0 Å². The second-order valence-corrected chi connectivity index (χ2v) is 6.10. The molecule has 1 aliphatic heterocycles. The predicted molar refractivity (Wildman–Crippen MR) is 83.8 cm³/mol. The lowest BCUT2D eigenvalue weighted by Gasteiger charge is -2.27. The monoisotopic (exact) mass is 326 g/mol. The number of likely N-dealkylation sites (N-methyl/N-ethyl adjacent to an activating group) is 1. The fourth-order valence-corrected chi connectivity index (χ4v) is 2.37. The molecule has 1 aromatic rings. The Morgan fingerprint density at radius 3 is 2.57 bits per heavy atom. The van der Waals surface area contributed by atoms with Gasteiger partial charge in [0.1, 0.15) is 11.3 Å². The molecule has 2 N–H and O–H groups in total. The highest BCUT2D eigenvalue weighted by Crippen LogP contribution is 2.34. The standard InChI is InChI=1S/C14H15ClN2O3S/c1-14(2)11(18)9(13(20)17(14)3)12(19)16-7-5-4-6-8(21)10(7)15/h4-6,18,21H,1-3H3,(H,16,19). The van der Waals surface area contributed by atoms with E-state index in [0.717, 1.165) is 0 Å². The number of nitrogens with zero attached hydrogens (tertiary/aromatic N) is 1. The molecule has 1 aliphatic rings. The number of aliphatic hydroxyl groups is 1. The molecule has 5 nitrogen and oxygen atoms in total. The van der Waals surface area contributed by atoms with Crippen LogP contribution in [0.25, 0.3) is 0 Å². The van der Waals surface area contributed by atoms with E-state index in [9.17, 15) is 14.7 Å². The molecule has 0 saturated heterocycles. The average molecular weight is 327 g/mol. The van der Waals surface area contributed by atoms with Gasteiger partial charge in [0.2, 0.25) is 0 Å². The first-order valence-electron chi connectivity index (χ1n) is 6.18. The second kappa shape index (κ2) is 5.27. The average Bonchev–Trinajstić information content (AvgIpc) is 2.56. The second-order valence-electron chi connectivity index (χ2n) is 5.24. The Morgan fingerprint density at radius 2 is 2.05 bits per heavy atom. The number of nitrogens with one attached hydrogen (secondary N) is 1. The van der Waals surface area contributed by atoms with Crippen LogP contribution < -0.4 is 5.32 Å². The number of hydrogen-bond donors (Lipinski definition) is 3. The number of carbonyl (C=O) groups is 2. The van der Waals surface area contributed by atoms with E-state index in [0.29, 0.717) is 10.6 Å². The largest absolute Gasteiger partial charge is 0.509 e. The Balaban J connectivity index is 2.35. The number of hydrogen-bond acceptors (Lipinski definition) is 4. The number of halogens is 1. The van der Waals surface area contributed by atoms with E-state index < -0.39 is 17.4 Å². The van der Waals surface area contributed by atoms with E-state index in [1.807, 2.05) is 0 Å². The van der Waals surface area contributed by atoms with Crippen molar-refractivity contribution in [1.82, 2.24) is 4.90 Å². The maximum absolute atomic E-state index is 12.3. The topological polar surface area (TPSA) is 69.6 Å². The number of aliphatic hydroxyl groups excluding tert-OH is 1. The number of carbonyl (C=O) groups excluding carboxylic acids is 2. The molecule has 21 heavy (non-hydrogen) atoms. The SMILES string of the molecule is CN1C(=O)C(C(=O)Nc2cccc(S)c2Cl)=C(O)C1(C)C. The van der Waals surface area contributed by atoms with Gasteiger partial charge in [0.25, 0.3) is 11.8 Å². The highest BCUT2D eigenvalue weighted by Gasteiger charge is 2.46. The van der Waals surface area contributed by atoms with Gasteiger partial charge in [-0.15, -0.1) is 12.6 Å². The highest BCUT2D eigenvalue weighted by molar-refractivity contribution is 7.80. The summed E-state index contributed by atoms with van der Waals surface area (Å²) < 4.78 is 0. The first-order valence-corrected chi connectivity index (χ1v) is 7.01. The Morgan fingerprint density at radius 1 is 1.43 bits per heavy atom. The van der Waals surface area contributed by atoms with Gasteiger partial charge in [-0.25, -0.2) is 0 Å². The van der Waals surface area contributed by atoms with Crippen molar-refractivity contribution in [1.29, 1.82) is 0 Å². The molecule has 0 radical (unpaired) electrons. The minimum atomic E-state index is -0.918. The number of amides is 2. The fourth-order valence-electron chi connectivity index (χ4n) is 1.99. The zero-order chi connectivity index (χ0) is 15.9. The van der Waals surface area contributed by atoms with E-state index in [4.69, 9.17) is 11.6 Å². The molecule has 0 unspecified atom stereocenters. The Hall–Kier alpha value is -1.66. The van der Waals surface area contributed by atoms with Crippen LogP contribution in [-0.4, -0.2) is 34.4 Å². The van der Waals surface area contributed by atoms with Gasteiger partial charge in [-0.05, 0) is 26.0 Å². The van der Waals surface area contributed by atoms with Gasteiger partial charge in [0.05, 0.1) is 16.2 Å². The van der Waals surface area contributed by atoms with Gasteiger partial charge in [-0.1, -0.05) is 17.7 Å². The van der Waals surface area contributed by atoms with Crippen LogP contribution >= 0.6 is 24.2 Å². The molecule has 0 saturated carbocycles. The molecule has 7 heteroatoms. The van der Waals surface area contributed by atoms with Crippen molar-refractivity contribution >= 4 is 41.7 Å². The van der Waals surface area contributed by atoms with E-state index in [2.05, 4.69) is 17.9 Å². The molecular formula is C14H15ClN2O3S. The molecule has 1 heterocycles. The molecule has 112 valence electrons. The van der Waals surface area contributed by atoms with Gasteiger partial charge in [0.15, 0.2) is 0 Å². The number of benzene rings is 1. The van der Waals surface area contributed by atoms with Crippen LogP contribution in [0.4, 0.5) is 5.69 Å². The smallest absolute Gasteiger partial charge is 0.264 e. The Kier molecular flexibility index (Phi) is 3.95. The van der Waals surface area contributed by atoms with Gasteiger partial charge < -0.3 is 15.3 Å². The van der Waals surface area contributed by atoms with Crippen LogP contribution in [0.3, 0.4) is 0 Å². The van der Waals surface area contributed by atoms with Gasteiger partial charge in [-0.3, -0.25) is 9.59 Å². The van der Waals surface area contributed by atoms with E-state index in [-0.39, 0.29) is 16.4 Å². The first-order chi connectivity index (χ1) is 9.67. The van der Waals surface area contributed by atoms with Crippen molar-refractivity contribution in [2.45, 2.75) is 24.3 Å². The maximum Gasteiger partial charge on any atom is 0.264 e. The summed E-state index contributed by atoms with van der Waals surface area (Å²) in [5.41, 5.74) is -0.864. The third kappa shape index (κ3) is 2.49. The lowest BCUT2D eigenvalue weighted by molar-refractivity contribution is -0.129. The quantitative estimate of drug-likeness (QED) is 0.578. The molecule has 0 spiro atoms. The van der Waals surface area contributed by atoms with Crippen LogP contribution in [0.5, 0.6) is 0 Å². The van der Waals surface area contributed by atoms with Crippen molar-refractivity contribution in [2.24, 2.45) is 0 Å². The minimum absolute atomic E-state index is 0.259. The van der Waals surface area contributed by atoms with Crippen molar-refractivity contribution in [3.63, 3.8) is 0 Å². The highest BCUT2D eigenvalue weighted by atomic mass is 35.5. The summed E-state index contributed by atoms with van der Waals surface area (Å²) in [6, 6.07) is 4.94. The third-order valence-electron chi connectivity index (χ3n) is 3.63. The molecule has 2 rings (SSSR count). The van der Waals surface area contributed by atoms with E-state index in [1.165, 1.54) is 11.9 Å². The molecule has 0 bridgehead atoms. The van der Waals surface area contributed by atoms with Crippen molar-refractivity contribution < 1.29 is 14.7 Å². The molecule has 0 aliphatic carbocycles. The van der Waals surface area contributed by atoms with Gasteiger partial charge >= 0.3 is 0 Å². The summed E-state index contributed by atoms with van der Waals surface area (Å²) in [5.74, 6) is -1.49. The van der Waals surface area contributed by atoms with E-state index in [1.54, 1.807) is 32.0 Å². The number of anilines is 1. The minimum Gasteiger partial charge on any atom is -0.509 e. The summed E-state index contributed by atoms with van der Waals surface area (Å²) in [6.45, 7) is 3.31. The fraction of sp³-hybridized carbons (Fsp3) is 0.286. The Bertz CT molecular complexity index is 670. The van der Waals surface area contributed by atoms with Crippen LogP contribution in [0.15, 0.2) is 34.4 Å². The number of rotatable bonds is 2. The van der Waals surface area contributed by atoms with Crippen molar-refractivity contribution in [2.75, 3.05) is 12.4 Å². The predicted octanol–water partition coefficient (Wildman–Crippen LogP) is 2.63. The molecular weight excluding hydrogens is 312 g/mol. The summed E-state index contributed by atoms with van der Waals surface area (Å²) >= 11 is 10.2. The molecule has 1 aromatic carbocycles. The van der Waals surface area contributed by atoms with Gasteiger partial charge in [-0.2, -0.15) is 0 Å². The summed E-state index contributed by atoms with van der Waals surface area (Å²) in [5, 5.41) is 12.9. The molecule has 0 aromatic heterocycles. The van der Waals surface area contributed by atoms with Crippen LogP contribution in [0.2, 0.25) is 5.02 Å². The van der Waals surface area contributed by atoms with Gasteiger partial charge in [0, 0.05) is 11.9 Å². The zero-order valence-electron chi connectivity index (χ0n) is 11.8. The third-order valence-corrected chi connectivity index (χ3v) is 4.54. The zero-order valence-corrected chi connectivity index (χ0v) is 13.4.